The van der Waals surface area contributed by atoms with Gasteiger partial charge in [0, 0.05) is 6.54 Å². The normalized spacial score (nSPS) is 19.0. The first-order valence-corrected chi connectivity index (χ1v) is 8.22. The number of rotatable bonds is 6. The Morgan fingerprint density at radius 3 is 2.91 bits per heavy atom. The third kappa shape index (κ3) is 4.47. The molecule has 1 aliphatic rings. The van der Waals surface area contributed by atoms with E-state index in [0.717, 1.165) is 43.7 Å². The molecular weight excluding hydrogens is 278 g/mol. The van der Waals surface area contributed by atoms with Gasteiger partial charge in [-0.2, -0.15) is 0 Å². The third-order valence-corrected chi connectivity index (χ3v) is 4.15. The van der Waals surface area contributed by atoms with Crippen molar-refractivity contribution in [3.63, 3.8) is 0 Å². The first kappa shape index (κ1) is 16.8. The summed E-state index contributed by atoms with van der Waals surface area (Å²) in [5, 5.41) is 0. The summed E-state index contributed by atoms with van der Waals surface area (Å²) >= 11 is 0. The lowest BCUT2D eigenvalue weighted by atomic mass is 10.0. The number of aryl methyl sites for hydroxylation is 2. The van der Waals surface area contributed by atoms with Crippen LogP contribution in [0.4, 0.5) is 0 Å². The highest BCUT2D eigenvalue weighted by Gasteiger charge is 2.29. The van der Waals surface area contributed by atoms with E-state index in [1.54, 1.807) is 0 Å². The summed E-state index contributed by atoms with van der Waals surface area (Å²) in [5.74, 6) is 0.846. The average molecular weight is 305 g/mol. The van der Waals surface area contributed by atoms with Crippen molar-refractivity contribution in [1.82, 2.24) is 4.90 Å². The van der Waals surface area contributed by atoms with Crippen molar-refractivity contribution in [1.29, 1.82) is 0 Å². The third-order valence-electron chi connectivity index (χ3n) is 4.15. The quantitative estimate of drug-likeness (QED) is 0.757. The van der Waals surface area contributed by atoms with E-state index in [4.69, 9.17) is 9.47 Å². The maximum absolute atomic E-state index is 12.0. The summed E-state index contributed by atoms with van der Waals surface area (Å²) in [4.78, 5) is 14.2. The monoisotopic (exact) mass is 305 g/mol. The van der Waals surface area contributed by atoms with Crippen molar-refractivity contribution in [2.75, 3.05) is 26.3 Å². The molecule has 1 atom stereocenters. The molecule has 1 saturated heterocycles. The van der Waals surface area contributed by atoms with Crippen molar-refractivity contribution in [3.05, 3.63) is 29.3 Å². The molecule has 0 radical (unpaired) electrons. The summed E-state index contributed by atoms with van der Waals surface area (Å²) in [5.41, 5.74) is 2.34. The lowest BCUT2D eigenvalue weighted by Gasteiger charge is -2.33. The van der Waals surface area contributed by atoms with Gasteiger partial charge in [-0.3, -0.25) is 9.69 Å². The van der Waals surface area contributed by atoms with Gasteiger partial charge >= 0.3 is 5.97 Å². The van der Waals surface area contributed by atoms with E-state index < -0.39 is 0 Å². The van der Waals surface area contributed by atoms with Crippen LogP contribution >= 0.6 is 0 Å². The SMILES string of the molecule is CCOC(=O)C1CCCCN1CCOc1cc(C)ccc1C. The van der Waals surface area contributed by atoms with Crippen LogP contribution in [0.3, 0.4) is 0 Å². The number of nitrogens with zero attached hydrogens (tertiary/aromatic N) is 1. The molecule has 0 amide bonds. The number of ether oxygens (including phenoxy) is 2. The molecule has 1 fully saturated rings. The van der Waals surface area contributed by atoms with Crippen LogP contribution in [0.2, 0.25) is 0 Å². The van der Waals surface area contributed by atoms with Crippen LogP contribution in [-0.2, 0) is 9.53 Å². The fourth-order valence-electron chi connectivity index (χ4n) is 2.90. The summed E-state index contributed by atoms with van der Waals surface area (Å²) in [6, 6.07) is 6.13. The Kier molecular flexibility index (Phi) is 6.25. The number of esters is 1. The van der Waals surface area contributed by atoms with E-state index in [2.05, 4.69) is 36.9 Å². The number of piperidine rings is 1. The largest absolute Gasteiger partial charge is 0.492 e. The van der Waals surface area contributed by atoms with Crippen LogP contribution in [0.5, 0.6) is 5.75 Å². The van der Waals surface area contributed by atoms with Crippen LogP contribution in [-0.4, -0.2) is 43.2 Å². The highest BCUT2D eigenvalue weighted by atomic mass is 16.5. The van der Waals surface area contributed by atoms with Gasteiger partial charge in [0.05, 0.1) is 6.61 Å². The van der Waals surface area contributed by atoms with E-state index in [9.17, 15) is 4.79 Å². The number of carbonyl (C=O) groups is 1. The summed E-state index contributed by atoms with van der Waals surface area (Å²) in [7, 11) is 0. The Bertz CT molecular complexity index is 501. The number of hydrogen-bond donors (Lipinski definition) is 0. The molecule has 1 unspecified atom stereocenters. The second kappa shape index (κ2) is 8.18. The van der Waals surface area contributed by atoms with Gasteiger partial charge in [-0.15, -0.1) is 0 Å². The first-order chi connectivity index (χ1) is 10.6. The van der Waals surface area contributed by atoms with Crippen LogP contribution in [0.25, 0.3) is 0 Å². The number of hydrogen-bond acceptors (Lipinski definition) is 4. The Labute approximate surface area is 133 Å². The standard InChI is InChI=1S/C18H27NO3/c1-4-21-18(20)16-7-5-6-10-19(16)11-12-22-17-13-14(2)8-9-15(17)3/h8-9,13,16H,4-7,10-12H2,1-3H3. The minimum absolute atomic E-state index is 0.0889. The molecule has 0 N–H and O–H groups in total. The molecule has 0 bridgehead atoms. The number of likely N-dealkylation sites (tertiary alicyclic amines) is 1. The van der Waals surface area contributed by atoms with Gasteiger partial charge in [0.2, 0.25) is 0 Å². The Morgan fingerprint density at radius 1 is 1.32 bits per heavy atom. The lowest BCUT2D eigenvalue weighted by molar-refractivity contribution is -0.151. The summed E-state index contributed by atoms with van der Waals surface area (Å²) < 4.78 is 11.1. The van der Waals surface area contributed by atoms with Gasteiger partial charge in [0.15, 0.2) is 0 Å². The van der Waals surface area contributed by atoms with Gasteiger partial charge in [0.1, 0.15) is 18.4 Å². The molecule has 22 heavy (non-hydrogen) atoms. The van der Waals surface area contributed by atoms with E-state index >= 15 is 0 Å². The minimum Gasteiger partial charge on any atom is -0.492 e. The van der Waals surface area contributed by atoms with Gasteiger partial charge < -0.3 is 9.47 Å². The van der Waals surface area contributed by atoms with Crippen molar-refractivity contribution in [3.8, 4) is 5.75 Å². The van der Waals surface area contributed by atoms with Crippen molar-refractivity contribution < 1.29 is 14.3 Å². The van der Waals surface area contributed by atoms with Gasteiger partial charge in [0.25, 0.3) is 0 Å². The zero-order chi connectivity index (χ0) is 15.9. The maximum atomic E-state index is 12.0. The molecule has 1 aliphatic heterocycles. The summed E-state index contributed by atoms with van der Waals surface area (Å²) in [6.07, 6.45) is 3.12. The Balaban J connectivity index is 1.88. The predicted molar refractivity (Wildman–Crippen MR) is 87.3 cm³/mol. The van der Waals surface area contributed by atoms with E-state index in [0.29, 0.717) is 13.2 Å². The number of benzene rings is 1. The first-order valence-electron chi connectivity index (χ1n) is 8.22. The lowest BCUT2D eigenvalue weighted by Crippen LogP contribution is -2.47. The topological polar surface area (TPSA) is 38.8 Å². The number of carbonyl (C=O) groups excluding carboxylic acids is 1. The Hall–Kier alpha value is -1.55. The van der Waals surface area contributed by atoms with Crippen LogP contribution < -0.4 is 4.74 Å². The second-order valence-electron chi connectivity index (χ2n) is 5.92. The molecule has 0 spiro atoms. The van der Waals surface area contributed by atoms with Gasteiger partial charge in [-0.25, -0.2) is 0 Å². The molecule has 0 aliphatic carbocycles. The fourth-order valence-corrected chi connectivity index (χ4v) is 2.90. The zero-order valence-electron chi connectivity index (χ0n) is 13.9. The van der Waals surface area contributed by atoms with Crippen LogP contribution in [0.15, 0.2) is 18.2 Å². The minimum atomic E-state index is -0.101. The van der Waals surface area contributed by atoms with Crippen LogP contribution in [0, 0.1) is 13.8 Å². The molecule has 4 heteroatoms. The molecule has 1 aromatic rings. The molecule has 1 aromatic carbocycles. The van der Waals surface area contributed by atoms with E-state index in [1.807, 2.05) is 6.92 Å². The van der Waals surface area contributed by atoms with Crippen molar-refractivity contribution in [2.45, 2.75) is 46.1 Å². The molecule has 2 rings (SSSR count). The van der Waals surface area contributed by atoms with E-state index in [-0.39, 0.29) is 12.0 Å². The smallest absolute Gasteiger partial charge is 0.323 e. The second-order valence-corrected chi connectivity index (χ2v) is 5.92. The predicted octanol–water partition coefficient (Wildman–Crippen LogP) is 3.10. The maximum Gasteiger partial charge on any atom is 0.323 e. The molecule has 122 valence electrons. The highest BCUT2D eigenvalue weighted by molar-refractivity contribution is 5.75. The molecule has 1 heterocycles. The zero-order valence-corrected chi connectivity index (χ0v) is 13.9. The molecular formula is C18H27NO3. The molecule has 0 saturated carbocycles. The van der Waals surface area contributed by atoms with Crippen LogP contribution in [0.1, 0.15) is 37.3 Å². The van der Waals surface area contributed by atoms with Gasteiger partial charge in [-0.05, 0) is 57.4 Å². The highest BCUT2D eigenvalue weighted by Crippen LogP contribution is 2.21. The Morgan fingerprint density at radius 2 is 2.14 bits per heavy atom. The average Bonchev–Trinajstić information content (AvgIpc) is 2.51. The van der Waals surface area contributed by atoms with Gasteiger partial charge in [-0.1, -0.05) is 18.6 Å². The van der Waals surface area contributed by atoms with E-state index in [1.165, 1.54) is 5.56 Å². The molecule has 4 nitrogen and oxygen atoms in total. The summed E-state index contributed by atoms with van der Waals surface area (Å²) in [6.45, 7) is 8.72. The molecule has 0 aromatic heterocycles. The van der Waals surface area contributed by atoms with Crippen molar-refractivity contribution >= 4 is 5.97 Å². The fraction of sp³-hybridized carbons (Fsp3) is 0.611. The van der Waals surface area contributed by atoms with Crippen molar-refractivity contribution in [2.24, 2.45) is 0 Å².